The molecule has 114 valence electrons. The second kappa shape index (κ2) is 6.41. The van der Waals surface area contributed by atoms with Crippen LogP contribution in [0.1, 0.15) is 20.8 Å². The van der Waals surface area contributed by atoms with E-state index in [0.29, 0.717) is 25.0 Å². The first-order valence-corrected chi connectivity index (χ1v) is 6.49. The molecule has 0 radical (unpaired) electrons. The van der Waals surface area contributed by atoms with Crippen molar-refractivity contribution in [2.75, 3.05) is 23.9 Å². The molecule has 21 heavy (non-hydrogen) atoms. The van der Waals surface area contributed by atoms with E-state index in [1.165, 1.54) is 17.3 Å². The number of hydrogen-bond acceptors (Lipinski definition) is 9. The van der Waals surface area contributed by atoms with Gasteiger partial charge in [0.2, 0.25) is 11.9 Å². The van der Waals surface area contributed by atoms with E-state index < -0.39 is 0 Å². The molecule has 2 aromatic rings. The first-order chi connectivity index (χ1) is 10.0. The van der Waals surface area contributed by atoms with E-state index in [2.05, 4.69) is 35.8 Å². The van der Waals surface area contributed by atoms with Gasteiger partial charge in [0.25, 0.3) is 5.95 Å². The average molecular weight is 293 g/mol. The molecule has 4 N–H and O–H groups in total. The Morgan fingerprint density at radius 2 is 2.05 bits per heavy atom. The highest BCUT2D eigenvalue weighted by Gasteiger charge is 2.18. The normalized spacial score (nSPS) is 11.4. The quantitative estimate of drug-likeness (QED) is 0.475. The largest absolute Gasteiger partial charge is 0.374 e. The predicted molar refractivity (Wildman–Crippen MR) is 76.7 cm³/mol. The number of ether oxygens (including phenoxy) is 1. The zero-order valence-electron chi connectivity index (χ0n) is 12.2. The Balaban J connectivity index is 2.18. The molecule has 0 unspecified atom stereocenters. The maximum absolute atomic E-state index is 5.61. The van der Waals surface area contributed by atoms with Gasteiger partial charge in [0.1, 0.15) is 12.7 Å². The Morgan fingerprint density at radius 3 is 2.67 bits per heavy atom. The third kappa shape index (κ3) is 4.07. The number of hydrogen-bond donors (Lipinski definition) is 3. The molecule has 0 bridgehead atoms. The summed E-state index contributed by atoms with van der Waals surface area (Å²) in [7, 11) is 0. The lowest BCUT2D eigenvalue weighted by molar-refractivity contribution is 0.000579. The van der Waals surface area contributed by atoms with Crippen molar-refractivity contribution in [1.82, 2.24) is 29.7 Å². The van der Waals surface area contributed by atoms with Crippen molar-refractivity contribution in [2.45, 2.75) is 26.4 Å². The Kier molecular flexibility index (Phi) is 4.60. The van der Waals surface area contributed by atoms with Crippen LogP contribution in [-0.2, 0) is 4.74 Å². The van der Waals surface area contributed by atoms with Gasteiger partial charge >= 0.3 is 0 Å². The maximum Gasteiger partial charge on any atom is 0.258 e. The van der Waals surface area contributed by atoms with Gasteiger partial charge < -0.3 is 10.1 Å². The topological polar surface area (TPSA) is 129 Å². The lowest BCUT2D eigenvalue weighted by atomic mass is 10.1. The van der Waals surface area contributed by atoms with Crippen LogP contribution in [0.4, 0.5) is 11.9 Å². The van der Waals surface area contributed by atoms with E-state index in [1.807, 2.05) is 20.8 Å². The zero-order valence-corrected chi connectivity index (χ0v) is 12.2. The Bertz CT molecular complexity index is 569. The standard InChI is InChI=1S/C11H19N9O/c1-4-21-11(2,3)5-14-8-16-9(19-12)18-10(17-8)20-7-13-6-15-20/h6-7H,4-5,12H2,1-3H3,(H2,14,16,17,18,19). The van der Waals surface area contributed by atoms with Crippen LogP contribution in [0.15, 0.2) is 12.7 Å². The van der Waals surface area contributed by atoms with Gasteiger partial charge in [-0.15, -0.1) is 0 Å². The molecular formula is C11H19N9O. The minimum atomic E-state index is -0.342. The average Bonchev–Trinajstić information content (AvgIpc) is 2.99. The van der Waals surface area contributed by atoms with E-state index in [4.69, 9.17) is 10.6 Å². The monoisotopic (exact) mass is 293 g/mol. The minimum absolute atomic E-state index is 0.229. The molecule has 10 nitrogen and oxygen atoms in total. The van der Waals surface area contributed by atoms with E-state index in [0.717, 1.165) is 0 Å². The lowest BCUT2D eigenvalue weighted by Gasteiger charge is -2.24. The van der Waals surface area contributed by atoms with Crippen molar-refractivity contribution in [3.63, 3.8) is 0 Å². The van der Waals surface area contributed by atoms with Gasteiger partial charge in [0, 0.05) is 13.2 Å². The summed E-state index contributed by atoms with van der Waals surface area (Å²) in [6.07, 6.45) is 2.88. The molecule has 0 aromatic carbocycles. The predicted octanol–water partition coefficient (Wildman–Crippen LogP) is -0.0351. The molecule has 0 saturated heterocycles. The molecule has 0 aliphatic rings. The molecule has 0 saturated carbocycles. The second-order valence-electron chi connectivity index (χ2n) is 4.81. The van der Waals surface area contributed by atoms with Crippen molar-refractivity contribution < 1.29 is 4.74 Å². The molecule has 2 rings (SSSR count). The summed E-state index contributed by atoms with van der Waals surface area (Å²) in [5, 5.41) is 7.08. The van der Waals surface area contributed by atoms with Gasteiger partial charge in [-0.3, -0.25) is 5.43 Å². The summed E-state index contributed by atoms with van der Waals surface area (Å²) in [4.78, 5) is 16.4. The molecule has 0 fully saturated rings. The highest BCUT2D eigenvalue weighted by Crippen LogP contribution is 2.12. The van der Waals surface area contributed by atoms with Crippen molar-refractivity contribution in [2.24, 2.45) is 5.84 Å². The first kappa shape index (κ1) is 15.1. The van der Waals surface area contributed by atoms with Crippen molar-refractivity contribution in [1.29, 1.82) is 0 Å². The number of nitrogen functional groups attached to an aromatic ring is 1. The van der Waals surface area contributed by atoms with Crippen LogP contribution >= 0.6 is 0 Å². The van der Waals surface area contributed by atoms with Gasteiger partial charge in [-0.2, -0.15) is 24.7 Å². The fraction of sp³-hybridized carbons (Fsp3) is 0.545. The van der Waals surface area contributed by atoms with Crippen molar-refractivity contribution in [3.05, 3.63) is 12.7 Å². The number of rotatable bonds is 7. The molecule has 0 atom stereocenters. The van der Waals surface area contributed by atoms with Crippen molar-refractivity contribution >= 4 is 11.9 Å². The molecular weight excluding hydrogens is 274 g/mol. The van der Waals surface area contributed by atoms with Gasteiger partial charge in [0.05, 0.1) is 5.60 Å². The molecule has 10 heteroatoms. The SMILES string of the molecule is CCOC(C)(C)CNc1nc(NN)nc(-n2cncn2)n1. The lowest BCUT2D eigenvalue weighted by Crippen LogP contribution is -2.34. The van der Waals surface area contributed by atoms with Crippen LogP contribution in [0.2, 0.25) is 0 Å². The van der Waals surface area contributed by atoms with Crippen LogP contribution < -0.4 is 16.6 Å². The Hall–Kier alpha value is -2.33. The smallest absolute Gasteiger partial charge is 0.258 e. The van der Waals surface area contributed by atoms with E-state index in [1.54, 1.807) is 0 Å². The third-order valence-corrected chi connectivity index (χ3v) is 2.58. The van der Waals surface area contributed by atoms with E-state index in [-0.39, 0.29) is 11.5 Å². The third-order valence-electron chi connectivity index (χ3n) is 2.58. The highest BCUT2D eigenvalue weighted by molar-refractivity contribution is 5.37. The summed E-state index contributed by atoms with van der Waals surface area (Å²) < 4.78 is 7.03. The molecule has 2 aromatic heterocycles. The summed E-state index contributed by atoms with van der Waals surface area (Å²) in [5.41, 5.74) is 2.05. The Labute approximate surface area is 122 Å². The fourth-order valence-corrected chi connectivity index (χ4v) is 1.66. The van der Waals surface area contributed by atoms with Crippen molar-refractivity contribution in [3.8, 4) is 5.95 Å². The molecule has 0 spiro atoms. The number of nitrogens with one attached hydrogen (secondary N) is 2. The van der Waals surface area contributed by atoms with E-state index >= 15 is 0 Å². The van der Waals surface area contributed by atoms with Gasteiger partial charge in [-0.25, -0.2) is 10.8 Å². The number of nitrogens with zero attached hydrogens (tertiary/aromatic N) is 6. The van der Waals surface area contributed by atoms with Crippen LogP contribution in [0.5, 0.6) is 0 Å². The number of nitrogens with two attached hydrogens (primary N) is 1. The molecule has 0 aliphatic carbocycles. The van der Waals surface area contributed by atoms with Crippen LogP contribution in [0, 0.1) is 0 Å². The van der Waals surface area contributed by atoms with E-state index in [9.17, 15) is 0 Å². The molecule has 2 heterocycles. The second-order valence-corrected chi connectivity index (χ2v) is 4.81. The van der Waals surface area contributed by atoms with Crippen LogP contribution in [0.3, 0.4) is 0 Å². The number of aromatic nitrogens is 6. The minimum Gasteiger partial charge on any atom is -0.374 e. The molecule has 0 aliphatic heterocycles. The highest BCUT2D eigenvalue weighted by atomic mass is 16.5. The van der Waals surface area contributed by atoms with Gasteiger partial charge in [-0.05, 0) is 20.8 Å². The molecule has 0 amide bonds. The number of hydrazine groups is 1. The van der Waals surface area contributed by atoms with Gasteiger partial charge in [-0.1, -0.05) is 0 Å². The van der Waals surface area contributed by atoms with Gasteiger partial charge in [0.15, 0.2) is 0 Å². The zero-order chi connectivity index (χ0) is 15.3. The number of anilines is 2. The Morgan fingerprint density at radius 1 is 1.29 bits per heavy atom. The first-order valence-electron chi connectivity index (χ1n) is 6.49. The van der Waals surface area contributed by atoms with Crippen LogP contribution in [0.25, 0.3) is 5.95 Å². The maximum atomic E-state index is 5.61. The fourth-order valence-electron chi connectivity index (χ4n) is 1.66. The summed E-state index contributed by atoms with van der Waals surface area (Å²) >= 11 is 0. The summed E-state index contributed by atoms with van der Waals surface area (Å²) in [5.74, 6) is 6.28. The summed E-state index contributed by atoms with van der Waals surface area (Å²) in [6, 6.07) is 0. The summed E-state index contributed by atoms with van der Waals surface area (Å²) in [6.45, 7) is 7.07. The van der Waals surface area contributed by atoms with Crippen LogP contribution in [-0.4, -0.2) is 48.5 Å².